The van der Waals surface area contributed by atoms with Gasteiger partial charge in [0.2, 0.25) is 0 Å². The summed E-state index contributed by atoms with van der Waals surface area (Å²) in [6, 6.07) is 23.1. The molecule has 3 rings (SSSR count). The van der Waals surface area contributed by atoms with Crippen molar-refractivity contribution in [3.63, 3.8) is 0 Å². The number of benzene rings is 2. The second-order valence-electron chi connectivity index (χ2n) is 5.49. The first kappa shape index (κ1) is 16.9. The number of nitrogens with zero attached hydrogens (tertiary/aromatic N) is 1. The second kappa shape index (κ2) is 7.75. The van der Waals surface area contributed by atoms with Crippen LogP contribution in [0.3, 0.4) is 0 Å². The van der Waals surface area contributed by atoms with Gasteiger partial charge >= 0.3 is 0 Å². The molecule has 0 aliphatic heterocycles. The molecule has 3 nitrogen and oxygen atoms in total. The van der Waals surface area contributed by atoms with Crippen molar-refractivity contribution in [3.8, 4) is 0 Å². The van der Waals surface area contributed by atoms with Crippen LogP contribution in [0.1, 0.15) is 11.1 Å². The monoisotopic (exact) mass is 357 g/mol. The van der Waals surface area contributed by atoms with E-state index >= 15 is 0 Å². The highest BCUT2D eigenvalue weighted by Crippen LogP contribution is 2.23. The third-order valence-corrected chi connectivity index (χ3v) is 7.00. The first-order chi connectivity index (χ1) is 11.7. The SMILES string of the molecule is O=S(=O)(c1cccs1)N(CCc1ccccc1)Cc1ccccc1. The first-order valence-corrected chi connectivity index (χ1v) is 10.1. The summed E-state index contributed by atoms with van der Waals surface area (Å²) in [5.74, 6) is 0. The Morgan fingerprint density at radius 3 is 2.00 bits per heavy atom. The Hall–Kier alpha value is -1.95. The van der Waals surface area contributed by atoms with Crippen molar-refractivity contribution >= 4 is 21.4 Å². The number of hydrogen-bond donors (Lipinski definition) is 0. The van der Waals surface area contributed by atoms with Gasteiger partial charge in [-0.3, -0.25) is 0 Å². The van der Waals surface area contributed by atoms with Gasteiger partial charge in [-0.1, -0.05) is 66.7 Å². The fraction of sp³-hybridized carbons (Fsp3) is 0.158. The average Bonchev–Trinajstić information content (AvgIpc) is 3.16. The Kier molecular flexibility index (Phi) is 5.45. The molecular formula is C19H19NO2S2. The van der Waals surface area contributed by atoms with E-state index in [1.54, 1.807) is 21.8 Å². The van der Waals surface area contributed by atoms with Crippen molar-refractivity contribution < 1.29 is 8.42 Å². The number of hydrogen-bond acceptors (Lipinski definition) is 3. The Morgan fingerprint density at radius 1 is 0.792 bits per heavy atom. The zero-order valence-corrected chi connectivity index (χ0v) is 14.8. The summed E-state index contributed by atoms with van der Waals surface area (Å²) in [5.41, 5.74) is 2.13. The highest BCUT2D eigenvalue weighted by atomic mass is 32.2. The Balaban J connectivity index is 1.83. The predicted octanol–water partition coefficient (Wildman–Crippen LogP) is 4.18. The highest BCUT2D eigenvalue weighted by Gasteiger charge is 2.25. The lowest BCUT2D eigenvalue weighted by Gasteiger charge is -2.21. The molecule has 0 radical (unpaired) electrons. The van der Waals surface area contributed by atoms with Crippen LogP contribution in [0.5, 0.6) is 0 Å². The van der Waals surface area contributed by atoms with E-state index in [0.717, 1.165) is 11.1 Å². The molecular weight excluding hydrogens is 338 g/mol. The molecule has 0 saturated heterocycles. The van der Waals surface area contributed by atoms with Gasteiger partial charge in [-0.15, -0.1) is 11.3 Å². The Bertz CT molecular complexity index is 845. The van der Waals surface area contributed by atoms with E-state index in [-0.39, 0.29) is 0 Å². The van der Waals surface area contributed by atoms with Crippen molar-refractivity contribution in [1.29, 1.82) is 0 Å². The van der Waals surface area contributed by atoms with Gasteiger partial charge in [-0.2, -0.15) is 4.31 Å². The molecule has 0 fully saturated rings. The molecule has 0 spiro atoms. The van der Waals surface area contributed by atoms with E-state index in [1.807, 2.05) is 60.7 Å². The summed E-state index contributed by atoms with van der Waals surface area (Å²) in [4.78, 5) is 0. The summed E-state index contributed by atoms with van der Waals surface area (Å²) in [6.45, 7) is 0.840. The minimum absolute atomic E-state index is 0.383. The van der Waals surface area contributed by atoms with Crippen LogP contribution >= 0.6 is 11.3 Å². The lowest BCUT2D eigenvalue weighted by atomic mass is 10.1. The Morgan fingerprint density at radius 2 is 1.42 bits per heavy atom. The molecule has 0 N–H and O–H groups in total. The largest absolute Gasteiger partial charge is 0.252 e. The minimum Gasteiger partial charge on any atom is -0.206 e. The third kappa shape index (κ3) is 4.12. The number of rotatable bonds is 7. The van der Waals surface area contributed by atoms with Crippen molar-refractivity contribution in [3.05, 3.63) is 89.3 Å². The van der Waals surface area contributed by atoms with E-state index in [1.165, 1.54) is 11.3 Å². The molecule has 124 valence electrons. The maximum Gasteiger partial charge on any atom is 0.252 e. The van der Waals surface area contributed by atoms with E-state index in [9.17, 15) is 8.42 Å². The van der Waals surface area contributed by atoms with Crippen LogP contribution in [0, 0.1) is 0 Å². The van der Waals surface area contributed by atoms with Crippen LogP contribution < -0.4 is 0 Å². The molecule has 3 aromatic rings. The average molecular weight is 358 g/mol. The second-order valence-corrected chi connectivity index (χ2v) is 8.60. The molecule has 1 heterocycles. The van der Waals surface area contributed by atoms with E-state index < -0.39 is 10.0 Å². The molecule has 5 heteroatoms. The van der Waals surface area contributed by atoms with Crippen LogP contribution in [0.25, 0.3) is 0 Å². The summed E-state index contributed by atoms with van der Waals surface area (Å²) in [7, 11) is -3.47. The normalized spacial score (nSPS) is 11.7. The van der Waals surface area contributed by atoms with Crippen molar-refractivity contribution in [2.75, 3.05) is 6.54 Å². The fourth-order valence-corrected chi connectivity index (χ4v) is 5.08. The molecule has 0 atom stereocenters. The topological polar surface area (TPSA) is 37.4 Å². The van der Waals surface area contributed by atoms with Crippen LogP contribution in [0.2, 0.25) is 0 Å². The van der Waals surface area contributed by atoms with Gasteiger partial charge in [-0.05, 0) is 29.0 Å². The van der Waals surface area contributed by atoms with E-state index in [2.05, 4.69) is 0 Å². The van der Waals surface area contributed by atoms with Gasteiger partial charge < -0.3 is 0 Å². The third-order valence-electron chi connectivity index (χ3n) is 3.78. The molecule has 0 amide bonds. The van der Waals surface area contributed by atoms with Crippen molar-refractivity contribution in [2.24, 2.45) is 0 Å². The van der Waals surface area contributed by atoms with Crippen LogP contribution in [0.15, 0.2) is 82.4 Å². The lowest BCUT2D eigenvalue weighted by Crippen LogP contribution is -2.32. The molecule has 1 aromatic heterocycles. The first-order valence-electron chi connectivity index (χ1n) is 7.78. The van der Waals surface area contributed by atoms with Gasteiger partial charge in [-0.25, -0.2) is 8.42 Å². The summed E-state index contributed by atoms with van der Waals surface area (Å²) < 4.78 is 27.9. The van der Waals surface area contributed by atoms with Gasteiger partial charge in [0.05, 0.1) is 0 Å². The summed E-state index contributed by atoms with van der Waals surface area (Å²) in [6.07, 6.45) is 0.693. The number of sulfonamides is 1. The van der Waals surface area contributed by atoms with Gasteiger partial charge in [0, 0.05) is 13.1 Å². The van der Waals surface area contributed by atoms with Gasteiger partial charge in [0.1, 0.15) is 4.21 Å². The number of thiophene rings is 1. The predicted molar refractivity (Wildman–Crippen MR) is 98.5 cm³/mol. The van der Waals surface area contributed by atoms with Crippen molar-refractivity contribution in [2.45, 2.75) is 17.2 Å². The van der Waals surface area contributed by atoms with Crippen molar-refractivity contribution in [1.82, 2.24) is 4.31 Å². The maximum atomic E-state index is 13.0. The molecule has 0 aliphatic rings. The van der Waals surface area contributed by atoms with Crippen LogP contribution in [0.4, 0.5) is 0 Å². The Labute approximate surface area is 147 Å². The summed E-state index contributed by atoms with van der Waals surface area (Å²) in [5, 5.41) is 1.80. The quantitative estimate of drug-likeness (QED) is 0.636. The van der Waals surface area contributed by atoms with Crippen LogP contribution in [-0.4, -0.2) is 19.3 Å². The zero-order chi connectivity index (χ0) is 16.8. The lowest BCUT2D eigenvalue weighted by molar-refractivity contribution is 0.411. The van der Waals surface area contributed by atoms with Gasteiger partial charge in [0.15, 0.2) is 0 Å². The molecule has 0 saturated carbocycles. The molecule has 0 bridgehead atoms. The fourth-order valence-electron chi connectivity index (χ4n) is 2.51. The minimum atomic E-state index is -3.47. The zero-order valence-electron chi connectivity index (χ0n) is 13.2. The van der Waals surface area contributed by atoms with E-state index in [0.29, 0.717) is 23.7 Å². The van der Waals surface area contributed by atoms with E-state index in [4.69, 9.17) is 0 Å². The molecule has 0 aliphatic carbocycles. The standard InChI is InChI=1S/C19H19NO2S2/c21-24(22,19-12-7-15-23-19)20(16-18-10-5-2-6-11-18)14-13-17-8-3-1-4-9-17/h1-12,15H,13-14,16H2. The molecule has 24 heavy (non-hydrogen) atoms. The summed E-state index contributed by atoms with van der Waals surface area (Å²) >= 11 is 1.26. The smallest absolute Gasteiger partial charge is 0.206 e. The maximum absolute atomic E-state index is 13.0. The van der Waals surface area contributed by atoms with Gasteiger partial charge in [0.25, 0.3) is 10.0 Å². The molecule has 2 aromatic carbocycles. The molecule has 0 unspecified atom stereocenters. The van der Waals surface area contributed by atoms with Crippen LogP contribution in [-0.2, 0) is 23.0 Å². The highest BCUT2D eigenvalue weighted by molar-refractivity contribution is 7.91.